The van der Waals surface area contributed by atoms with Gasteiger partial charge in [0.05, 0.1) is 0 Å². The first-order chi connectivity index (χ1) is 8.29. The second-order valence-electron chi connectivity index (χ2n) is 5.31. The molecule has 1 aromatic heterocycles. The molecule has 2 heterocycles. The molecule has 3 heteroatoms. The third-order valence-corrected chi connectivity index (χ3v) is 4.56. The van der Waals surface area contributed by atoms with E-state index in [-0.39, 0.29) is 0 Å². The van der Waals surface area contributed by atoms with Crippen LogP contribution in [0.25, 0.3) is 0 Å². The molecule has 1 aliphatic heterocycles. The lowest BCUT2D eigenvalue weighted by Gasteiger charge is -2.26. The fourth-order valence-electron chi connectivity index (χ4n) is 3.10. The summed E-state index contributed by atoms with van der Waals surface area (Å²) in [5.41, 5.74) is 2.76. The number of alkyl halides is 1. The maximum absolute atomic E-state index is 6.10. The molecule has 0 amide bonds. The lowest BCUT2D eigenvalue weighted by molar-refractivity contribution is 0.548. The first-order valence-corrected chi connectivity index (χ1v) is 7.14. The molecule has 17 heavy (non-hydrogen) atoms. The zero-order valence-electron chi connectivity index (χ0n) is 10.3. The van der Waals surface area contributed by atoms with Crippen molar-refractivity contribution in [1.82, 2.24) is 4.98 Å². The van der Waals surface area contributed by atoms with Crippen molar-refractivity contribution in [2.45, 2.75) is 38.6 Å². The summed E-state index contributed by atoms with van der Waals surface area (Å²) in [7, 11) is 0. The molecule has 1 fully saturated rings. The third-order valence-electron chi connectivity index (χ3n) is 4.25. The molecule has 1 aliphatic carbocycles. The second kappa shape index (κ2) is 4.49. The first kappa shape index (κ1) is 11.3. The van der Waals surface area contributed by atoms with Gasteiger partial charge in [0, 0.05) is 24.2 Å². The molecule has 0 radical (unpaired) electrons. The number of fused-ring (bicyclic) bond motifs is 1. The second-order valence-corrected chi connectivity index (χ2v) is 5.62. The van der Waals surface area contributed by atoms with E-state index in [0.29, 0.717) is 17.8 Å². The van der Waals surface area contributed by atoms with Crippen LogP contribution in [0.3, 0.4) is 0 Å². The summed E-state index contributed by atoms with van der Waals surface area (Å²) in [4.78, 5) is 7.23. The van der Waals surface area contributed by atoms with Crippen LogP contribution in [0.5, 0.6) is 0 Å². The molecule has 0 N–H and O–H groups in total. The molecule has 1 aromatic rings. The van der Waals surface area contributed by atoms with Gasteiger partial charge in [0.1, 0.15) is 5.82 Å². The van der Waals surface area contributed by atoms with Crippen molar-refractivity contribution in [3.8, 4) is 0 Å². The van der Waals surface area contributed by atoms with Gasteiger partial charge >= 0.3 is 0 Å². The van der Waals surface area contributed by atoms with Gasteiger partial charge in [-0.05, 0) is 43.2 Å². The topological polar surface area (TPSA) is 16.1 Å². The van der Waals surface area contributed by atoms with Crippen molar-refractivity contribution in [3.63, 3.8) is 0 Å². The number of aromatic nitrogens is 1. The van der Waals surface area contributed by atoms with Crippen LogP contribution < -0.4 is 4.90 Å². The van der Waals surface area contributed by atoms with Gasteiger partial charge < -0.3 is 4.90 Å². The van der Waals surface area contributed by atoms with Gasteiger partial charge in [-0.3, -0.25) is 0 Å². The number of anilines is 1. The molecule has 0 bridgehead atoms. The van der Waals surface area contributed by atoms with Crippen molar-refractivity contribution in [3.05, 3.63) is 23.4 Å². The van der Waals surface area contributed by atoms with Crippen LogP contribution in [0.1, 0.15) is 31.0 Å². The molecule has 0 spiro atoms. The number of pyridine rings is 1. The average Bonchev–Trinajstić information content (AvgIpc) is 2.93. The minimum atomic E-state index is 0.462. The van der Waals surface area contributed by atoms with Crippen LogP contribution >= 0.6 is 11.6 Å². The maximum atomic E-state index is 6.10. The lowest BCUT2D eigenvalue weighted by atomic mass is 10.1. The monoisotopic (exact) mass is 250 g/mol. The summed E-state index contributed by atoms with van der Waals surface area (Å²) in [5.74, 6) is 2.53. The Morgan fingerprint density at radius 3 is 3.12 bits per heavy atom. The normalized spacial score (nSPS) is 27.5. The SMILES string of the molecule is CC1CCN(c2ccc3c(n2)CCC3)C1CCl. The molecule has 2 aliphatic rings. The Kier molecular flexibility index (Phi) is 2.99. The van der Waals surface area contributed by atoms with E-state index in [2.05, 4.69) is 24.0 Å². The van der Waals surface area contributed by atoms with E-state index in [1.807, 2.05) is 0 Å². The van der Waals surface area contributed by atoms with Crippen molar-refractivity contribution in [1.29, 1.82) is 0 Å². The van der Waals surface area contributed by atoms with Crippen LogP contribution in [0.2, 0.25) is 0 Å². The predicted molar refractivity (Wildman–Crippen MR) is 71.9 cm³/mol. The van der Waals surface area contributed by atoms with Gasteiger partial charge in [-0.25, -0.2) is 4.98 Å². The molecular formula is C14H19ClN2. The summed E-state index contributed by atoms with van der Waals surface area (Å²) in [6, 6.07) is 4.91. The van der Waals surface area contributed by atoms with E-state index in [0.717, 1.165) is 18.8 Å². The highest BCUT2D eigenvalue weighted by molar-refractivity contribution is 6.18. The van der Waals surface area contributed by atoms with Crippen LogP contribution in [-0.4, -0.2) is 23.5 Å². The van der Waals surface area contributed by atoms with Gasteiger partial charge in [0.2, 0.25) is 0 Å². The van der Waals surface area contributed by atoms with E-state index in [4.69, 9.17) is 16.6 Å². The Morgan fingerprint density at radius 1 is 1.41 bits per heavy atom. The van der Waals surface area contributed by atoms with Crippen LogP contribution in [0.4, 0.5) is 5.82 Å². The highest BCUT2D eigenvalue weighted by atomic mass is 35.5. The minimum absolute atomic E-state index is 0.462. The molecule has 0 saturated carbocycles. The number of rotatable bonds is 2. The van der Waals surface area contributed by atoms with Gasteiger partial charge in [0.15, 0.2) is 0 Å². The zero-order valence-corrected chi connectivity index (χ0v) is 11.1. The van der Waals surface area contributed by atoms with Gasteiger partial charge in [-0.15, -0.1) is 11.6 Å². The predicted octanol–water partition coefficient (Wildman–Crippen LogP) is 3.02. The number of hydrogen-bond acceptors (Lipinski definition) is 2. The minimum Gasteiger partial charge on any atom is -0.352 e. The lowest BCUT2D eigenvalue weighted by Crippen LogP contribution is -2.34. The molecule has 2 atom stereocenters. The van der Waals surface area contributed by atoms with Gasteiger partial charge in [-0.1, -0.05) is 13.0 Å². The molecule has 92 valence electrons. The maximum Gasteiger partial charge on any atom is 0.129 e. The van der Waals surface area contributed by atoms with E-state index in [1.165, 1.54) is 30.5 Å². The van der Waals surface area contributed by atoms with Crippen molar-refractivity contribution in [2.75, 3.05) is 17.3 Å². The Bertz CT molecular complexity index is 419. The molecule has 0 aromatic carbocycles. The van der Waals surface area contributed by atoms with E-state index >= 15 is 0 Å². The summed E-state index contributed by atoms with van der Waals surface area (Å²) in [5, 5.41) is 0. The van der Waals surface area contributed by atoms with Gasteiger partial charge in [-0.2, -0.15) is 0 Å². The van der Waals surface area contributed by atoms with Crippen molar-refractivity contribution in [2.24, 2.45) is 5.92 Å². The zero-order chi connectivity index (χ0) is 11.8. The van der Waals surface area contributed by atoms with Crippen LogP contribution in [0, 0.1) is 5.92 Å². The number of nitrogens with zero attached hydrogens (tertiary/aromatic N) is 2. The fraction of sp³-hybridized carbons (Fsp3) is 0.643. The van der Waals surface area contributed by atoms with E-state index in [9.17, 15) is 0 Å². The summed E-state index contributed by atoms with van der Waals surface area (Å²) >= 11 is 6.10. The molecule has 1 saturated heterocycles. The quantitative estimate of drug-likeness (QED) is 0.750. The summed E-state index contributed by atoms with van der Waals surface area (Å²) in [6.07, 6.45) is 4.85. The summed E-state index contributed by atoms with van der Waals surface area (Å²) < 4.78 is 0. The van der Waals surface area contributed by atoms with E-state index < -0.39 is 0 Å². The average molecular weight is 251 g/mol. The molecule has 2 nitrogen and oxygen atoms in total. The number of hydrogen-bond donors (Lipinski definition) is 0. The fourth-order valence-corrected chi connectivity index (χ4v) is 3.57. The highest BCUT2D eigenvalue weighted by Gasteiger charge is 2.31. The molecular weight excluding hydrogens is 232 g/mol. The third kappa shape index (κ3) is 1.93. The Morgan fingerprint density at radius 2 is 2.29 bits per heavy atom. The smallest absolute Gasteiger partial charge is 0.129 e. The number of halogens is 1. The highest BCUT2D eigenvalue weighted by Crippen LogP contribution is 2.31. The Labute approximate surface area is 108 Å². The van der Waals surface area contributed by atoms with E-state index in [1.54, 1.807) is 0 Å². The Hall–Kier alpha value is -0.760. The molecule has 3 rings (SSSR count). The largest absolute Gasteiger partial charge is 0.352 e. The van der Waals surface area contributed by atoms with Crippen LogP contribution in [-0.2, 0) is 12.8 Å². The Balaban J connectivity index is 1.89. The standard InChI is InChI=1S/C14H19ClN2/c1-10-7-8-17(13(10)9-15)14-6-5-11-3-2-4-12(11)16-14/h5-6,10,13H,2-4,7-9H2,1H3. The van der Waals surface area contributed by atoms with Crippen molar-refractivity contribution < 1.29 is 0 Å². The first-order valence-electron chi connectivity index (χ1n) is 6.61. The van der Waals surface area contributed by atoms with Crippen molar-refractivity contribution >= 4 is 17.4 Å². The molecule has 2 unspecified atom stereocenters. The number of aryl methyl sites for hydroxylation is 2. The van der Waals surface area contributed by atoms with Gasteiger partial charge in [0.25, 0.3) is 0 Å². The summed E-state index contributed by atoms with van der Waals surface area (Å²) in [6.45, 7) is 3.39. The van der Waals surface area contributed by atoms with Crippen LogP contribution in [0.15, 0.2) is 12.1 Å².